The van der Waals surface area contributed by atoms with Crippen LogP contribution in [0.15, 0.2) is 18.2 Å². The van der Waals surface area contributed by atoms with Crippen molar-refractivity contribution in [3.8, 4) is 5.75 Å². The summed E-state index contributed by atoms with van der Waals surface area (Å²) in [5.74, 6) is 1.66. The van der Waals surface area contributed by atoms with Gasteiger partial charge in [-0.15, -0.1) is 0 Å². The molecule has 0 heterocycles. The Morgan fingerprint density at radius 3 is 2.94 bits per heavy atom. The van der Waals surface area contributed by atoms with Gasteiger partial charge in [-0.3, -0.25) is 0 Å². The molecule has 1 saturated carbocycles. The number of rotatable bonds is 5. The summed E-state index contributed by atoms with van der Waals surface area (Å²) in [5, 5.41) is 0. The van der Waals surface area contributed by atoms with E-state index in [0.29, 0.717) is 6.79 Å². The van der Waals surface area contributed by atoms with Gasteiger partial charge in [-0.1, -0.05) is 6.07 Å². The minimum Gasteiger partial charge on any atom is -0.468 e. The molecular weight excluding hydrogens is 226 g/mol. The number of fused-ring (bicyclic) bond motifs is 1. The Morgan fingerprint density at radius 2 is 2.11 bits per heavy atom. The van der Waals surface area contributed by atoms with Crippen molar-refractivity contribution in [3.63, 3.8) is 0 Å². The maximum absolute atomic E-state index is 6.13. The minimum atomic E-state index is 0.171. The molecule has 1 aromatic carbocycles. The summed E-state index contributed by atoms with van der Waals surface area (Å²) in [7, 11) is 0. The zero-order valence-electron chi connectivity index (χ0n) is 10.7. The van der Waals surface area contributed by atoms with Crippen molar-refractivity contribution in [2.75, 3.05) is 13.4 Å². The molecule has 2 aliphatic carbocycles. The van der Waals surface area contributed by atoms with E-state index in [1.54, 1.807) is 0 Å². The van der Waals surface area contributed by atoms with E-state index in [-0.39, 0.29) is 6.04 Å². The van der Waals surface area contributed by atoms with Crippen molar-refractivity contribution in [2.24, 2.45) is 11.7 Å². The van der Waals surface area contributed by atoms with Gasteiger partial charge in [-0.05, 0) is 61.3 Å². The summed E-state index contributed by atoms with van der Waals surface area (Å²) < 4.78 is 11.1. The first-order valence-electron chi connectivity index (χ1n) is 6.92. The summed E-state index contributed by atoms with van der Waals surface area (Å²) in [6, 6.07) is 6.42. The Kier molecular flexibility index (Phi) is 3.52. The van der Waals surface area contributed by atoms with Crippen LogP contribution < -0.4 is 10.5 Å². The lowest BCUT2D eigenvalue weighted by atomic mass is 9.88. The van der Waals surface area contributed by atoms with E-state index in [4.69, 9.17) is 15.2 Å². The van der Waals surface area contributed by atoms with E-state index in [9.17, 15) is 0 Å². The summed E-state index contributed by atoms with van der Waals surface area (Å²) >= 11 is 0. The summed E-state index contributed by atoms with van der Waals surface area (Å²) in [6.07, 6.45) is 6.04. The van der Waals surface area contributed by atoms with Crippen LogP contribution in [0.4, 0.5) is 0 Å². The van der Waals surface area contributed by atoms with E-state index in [1.165, 1.54) is 30.4 Å². The topological polar surface area (TPSA) is 44.5 Å². The number of benzene rings is 1. The first-order valence-corrected chi connectivity index (χ1v) is 6.92. The Labute approximate surface area is 108 Å². The highest BCUT2D eigenvalue weighted by Crippen LogP contribution is 2.31. The van der Waals surface area contributed by atoms with Gasteiger partial charge in [-0.2, -0.15) is 0 Å². The molecule has 1 fully saturated rings. The predicted octanol–water partition coefficient (Wildman–Crippen LogP) is 2.79. The van der Waals surface area contributed by atoms with Gasteiger partial charge < -0.3 is 15.2 Å². The van der Waals surface area contributed by atoms with Gasteiger partial charge in [0.25, 0.3) is 0 Å². The Hall–Kier alpha value is -1.06. The van der Waals surface area contributed by atoms with Crippen LogP contribution in [0.25, 0.3) is 0 Å². The van der Waals surface area contributed by atoms with Gasteiger partial charge in [-0.25, -0.2) is 0 Å². The second-order valence-electron chi connectivity index (χ2n) is 5.44. The molecule has 98 valence electrons. The molecule has 3 rings (SSSR count). The molecule has 18 heavy (non-hydrogen) atoms. The van der Waals surface area contributed by atoms with Crippen LogP contribution in [0.1, 0.15) is 42.9 Å². The Morgan fingerprint density at radius 1 is 1.22 bits per heavy atom. The first kappa shape index (κ1) is 12.0. The molecule has 2 aliphatic rings. The minimum absolute atomic E-state index is 0.171. The molecule has 1 atom stereocenters. The highest BCUT2D eigenvalue weighted by atomic mass is 16.7. The molecule has 0 aliphatic heterocycles. The van der Waals surface area contributed by atoms with Crippen molar-refractivity contribution >= 4 is 0 Å². The number of nitrogens with two attached hydrogens (primary N) is 1. The summed E-state index contributed by atoms with van der Waals surface area (Å²) in [6.45, 7) is 1.19. The van der Waals surface area contributed by atoms with Crippen LogP contribution in [0.5, 0.6) is 5.75 Å². The van der Waals surface area contributed by atoms with E-state index in [2.05, 4.69) is 12.1 Å². The maximum Gasteiger partial charge on any atom is 0.189 e. The van der Waals surface area contributed by atoms with E-state index >= 15 is 0 Å². The lowest BCUT2D eigenvalue weighted by molar-refractivity contribution is 0.00991. The fourth-order valence-corrected chi connectivity index (χ4v) is 2.51. The summed E-state index contributed by atoms with van der Waals surface area (Å²) in [5.41, 5.74) is 8.76. The molecule has 3 nitrogen and oxygen atoms in total. The lowest BCUT2D eigenvalue weighted by Crippen LogP contribution is -2.17. The molecule has 1 aromatic rings. The van der Waals surface area contributed by atoms with Crippen LogP contribution in [-0.4, -0.2) is 13.4 Å². The van der Waals surface area contributed by atoms with Gasteiger partial charge >= 0.3 is 0 Å². The van der Waals surface area contributed by atoms with Crippen LogP contribution in [0, 0.1) is 5.92 Å². The smallest absolute Gasteiger partial charge is 0.189 e. The molecule has 0 radical (unpaired) electrons. The highest BCUT2D eigenvalue weighted by molar-refractivity contribution is 5.38. The molecule has 0 aromatic heterocycles. The zero-order valence-corrected chi connectivity index (χ0v) is 10.7. The predicted molar refractivity (Wildman–Crippen MR) is 70.5 cm³/mol. The van der Waals surface area contributed by atoms with E-state index in [0.717, 1.165) is 31.1 Å². The van der Waals surface area contributed by atoms with Crippen molar-refractivity contribution in [3.05, 3.63) is 29.3 Å². The van der Waals surface area contributed by atoms with Crippen LogP contribution in [0.3, 0.4) is 0 Å². The van der Waals surface area contributed by atoms with Gasteiger partial charge in [0.15, 0.2) is 6.79 Å². The largest absolute Gasteiger partial charge is 0.468 e. The van der Waals surface area contributed by atoms with E-state index in [1.807, 2.05) is 6.07 Å². The Balaban J connectivity index is 1.56. The molecule has 2 N–H and O–H groups in total. The average molecular weight is 247 g/mol. The SMILES string of the molecule is N[C@H]1CCCc2ccc(OCOCC3CC3)cc21. The fraction of sp³-hybridized carbons (Fsp3) is 0.600. The third-order valence-electron chi connectivity index (χ3n) is 3.84. The van der Waals surface area contributed by atoms with Gasteiger partial charge in [0.2, 0.25) is 0 Å². The second-order valence-corrected chi connectivity index (χ2v) is 5.44. The second kappa shape index (κ2) is 5.29. The van der Waals surface area contributed by atoms with Gasteiger partial charge in [0.05, 0.1) is 6.61 Å². The van der Waals surface area contributed by atoms with Crippen molar-refractivity contribution in [2.45, 2.75) is 38.1 Å². The number of hydrogen-bond donors (Lipinski definition) is 1. The monoisotopic (exact) mass is 247 g/mol. The van der Waals surface area contributed by atoms with Gasteiger partial charge in [0, 0.05) is 6.04 Å². The van der Waals surface area contributed by atoms with Crippen LogP contribution in [-0.2, 0) is 11.2 Å². The third kappa shape index (κ3) is 2.85. The zero-order chi connectivity index (χ0) is 12.4. The number of hydrogen-bond acceptors (Lipinski definition) is 3. The summed E-state index contributed by atoms with van der Waals surface area (Å²) in [4.78, 5) is 0. The number of ether oxygens (including phenoxy) is 2. The molecule has 3 heteroatoms. The highest BCUT2D eigenvalue weighted by Gasteiger charge is 2.21. The number of aryl methyl sites for hydroxylation is 1. The van der Waals surface area contributed by atoms with E-state index < -0.39 is 0 Å². The third-order valence-corrected chi connectivity index (χ3v) is 3.84. The van der Waals surface area contributed by atoms with Crippen molar-refractivity contribution in [1.29, 1.82) is 0 Å². The lowest BCUT2D eigenvalue weighted by Gasteiger charge is -2.22. The normalized spacial score (nSPS) is 22.6. The Bertz CT molecular complexity index is 415. The van der Waals surface area contributed by atoms with Crippen LogP contribution >= 0.6 is 0 Å². The quantitative estimate of drug-likeness (QED) is 0.642. The molecule has 0 amide bonds. The fourth-order valence-electron chi connectivity index (χ4n) is 2.51. The molecule has 0 saturated heterocycles. The van der Waals surface area contributed by atoms with Crippen molar-refractivity contribution < 1.29 is 9.47 Å². The molecule has 0 bridgehead atoms. The maximum atomic E-state index is 6.13. The molecule has 0 unspecified atom stereocenters. The van der Waals surface area contributed by atoms with Crippen molar-refractivity contribution in [1.82, 2.24) is 0 Å². The standard InChI is InChI=1S/C15H21NO2/c16-15-3-1-2-12-6-7-13(8-14(12)15)18-10-17-9-11-4-5-11/h6-8,11,15H,1-5,9-10,16H2/t15-/m0/s1. The molecule has 0 spiro atoms. The van der Waals surface area contributed by atoms with Crippen LogP contribution in [0.2, 0.25) is 0 Å². The molecular formula is C15H21NO2. The van der Waals surface area contributed by atoms with Gasteiger partial charge in [0.1, 0.15) is 5.75 Å². The first-order chi connectivity index (χ1) is 8.83. The average Bonchev–Trinajstić information content (AvgIpc) is 3.20.